The summed E-state index contributed by atoms with van der Waals surface area (Å²) in [6.07, 6.45) is -0.295. The van der Waals surface area contributed by atoms with Crippen molar-refractivity contribution in [2.75, 3.05) is 0 Å². The minimum atomic E-state index is -1.00. The van der Waals surface area contributed by atoms with Gasteiger partial charge in [0.15, 0.2) is 0 Å². The van der Waals surface area contributed by atoms with Crippen LogP contribution in [0.2, 0.25) is 0 Å². The quantitative estimate of drug-likeness (QED) is 0.676. The van der Waals surface area contributed by atoms with Gasteiger partial charge in [-0.1, -0.05) is 6.07 Å². The van der Waals surface area contributed by atoms with E-state index >= 15 is 0 Å². The van der Waals surface area contributed by atoms with Crippen molar-refractivity contribution >= 4 is 29.1 Å². The standard InChI is InChI=1S/C17H17F2N3O3S/c1-9(17(25)22-15(16(20)24)13-3-2-4-26-13)21-14(23)7-10-5-11(18)8-12(19)6-10/h2-6,8-9,15H,7H2,1H3,(H2,20,24)(H,21,23)(H,22,25)/t9-,15+/m0/s1. The van der Waals surface area contributed by atoms with Gasteiger partial charge < -0.3 is 16.4 Å². The molecule has 0 bridgehead atoms. The molecule has 0 spiro atoms. The molecule has 0 fully saturated rings. The summed E-state index contributed by atoms with van der Waals surface area (Å²) >= 11 is 1.26. The molecule has 0 saturated carbocycles. The fourth-order valence-electron chi connectivity index (χ4n) is 2.26. The van der Waals surface area contributed by atoms with Crippen LogP contribution in [0.25, 0.3) is 0 Å². The van der Waals surface area contributed by atoms with Crippen LogP contribution in [0.3, 0.4) is 0 Å². The van der Waals surface area contributed by atoms with Crippen molar-refractivity contribution in [3.05, 3.63) is 57.8 Å². The predicted octanol–water partition coefficient (Wildman–Crippen LogP) is 1.42. The third-order valence-electron chi connectivity index (χ3n) is 3.46. The highest BCUT2D eigenvalue weighted by molar-refractivity contribution is 7.10. The lowest BCUT2D eigenvalue weighted by Gasteiger charge is -2.18. The van der Waals surface area contributed by atoms with Gasteiger partial charge in [-0.2, -0.15) is 0 Å². The van der Waals surface area contributed by atoms with Gasteiger partial charge in [-0.15, -0.1) is 11.3 Å². The molecule has 4 N–H and O–H groups in total. The highest BCUT2D eigenvalue weighted by Crippen LogP contribution is 2.18. The fourth-order valence-corrected chi connectivity index (χ4v) is 3.04. The Labute approximate surface area is 152 Å². The molecule has 9 heteroatoms. The van der Waals surface area contributed by atoms with Gasteiger partial charge in [0.25, 0.3) is 0 Å². The first-order valence-corrected chi connectivity index (χ1v) is 8.51. The SMILES string of the molecule is C[C@H](NC(=O)Cc1cc(F)cc(F)c1)C(=O)N[C@@H](C(N)=O)c1cccs1. The predicted molar refractivity (Wildman–Crippen MR) is 92.1 cm³/mol. The summed E-state index contributed by atoms with van der Waals surface area (Å²) in [6, 6.07) is 4.17. The van der Waals surface area contributed by atoms with Crippen LogP contribution in [0.5, 0.6) is 0 Å². The van der Waals surface area contributed by atoms with E-state index in [1.807, 2.05) is 0 Å². The minimum Gasteiger partial charge on any atom is -0.368 e. The maximum absolute atomic E-state index is 13.1. The number of carbonyl (C=O) groups is 3. The van der Waals surface area contributed by atoms with E-state index in [1.165, 1.54) is 18.3 Å². The second-order valence-electron chi connectivity index (χ2n) is 5.60. The van der Waals surface area contributed by atoms with Crippen molar-refractivity contribution < 1.29 is 23.2 Å². The molecule has 0 aliphatic carbocycles. The molecule has 0 saturated heterocycles. The summed E-state index contributed by atoms with van der Waals surface area (Å²) in [5.41, 5.74) is 5.44. The van der Waals surface area contributed by atoms with Crippen molar-refractivity contribution in [3.8, 4) is 0 Å². The van der Waals surface area contributed by atoms with E-state index in [-0.39, 0.29) is 12.0 Å². The Balaban J connectivity index is 1.95. The Morgan fingerprint density at radius 2 is 1.81 bits per heavy atom. The highest BCUT2D eigenvalue weighted by Gasteiger charge is 2.24. The summed E-state index contributed by atoms with van der Waals surface area (Å²) in [7, 11) is 0. The number of thiophene rings is 1. The monoisotopic (exact) mass is 381 g/mol. The van der Waals surface area contributed by atoms with Crippen molar-refractivity contribution in [1.82, 2.24) is 10.6 Å². The van der Waals surface area contributed by atoms with Crippen LogP contribution in [-0.4, -0.2) is 23.8 Å². The van der Waals surface area contributed by atoms with Crippen molar-refractivity contribution in [2.45, 2.75) is 25.4 Å². The zero-order valence-electron chi connectivity index (χ0n) is 13.8. The summed E-state index contributed by atoms with van der Waals surface area (Å²) in [5.74, 6) is -3.52. The molecule has 1 aromatic heterocycles. The zero-order valence-corrected chi connectivity index (χ0v) is 14.6. The van der Waals surface area contributed by atoms with Crippen molar-refractivity contribution in [1.29, 1.82) is 0 Å². The molecule has 6 nitrogen and oxygen atoms in total. The van der Waals surface area contributed by atoms with Crippen LogP contribution < -0.4 is 16.4 Å². The minimum absolute atomic E-state index is 0.140. The topological polar surface area (TPSA) is 101 Å². The lowest BCUT2D eigenvalue weighted by Crippen LogP contribution is -2.48. The molecule has 2 aromatic rings. The molecule has 0 aliphatic rings. The van der Waals surface area contributed by atoms with Crippen LogP contribution in [0.15, 0.2) is 35.7 Å². The van der Waals surface area contributed by atoms with E-state index in [4.69, 9.17) is 5.73 Å². The van der Waals surface area contributed by atoms with E-state index < -0.39 is 41.4 Å². The van der Waals surface area contributed by atoms with Crippen molar-refractivity contribution in [2.24, 2.45) is 5.73 Å². The third-order valence-corrected chi connectivity index (χ3v) is 4.39. The van der Waals surface area contributed by atoms with E-state index in [1.54, 1.807) is 17.5 Å². The number of halogens is 2. The van der Waals surface area contributed by atoms with Gasteiger partial charge in [0.1, 0.15) is 23.7 Å². The van der Waals surface area contributed by atoms with Gasteiger partial charge in [0.05, 0.1) is 6.42 Å². The number of amides is 3. The van der Waals surface area contributed by atoms with Gasteiger partial charge >= 0.3 is 0 Å². The van der Waals surface area contributed by atoms with Crippen LogP contribution >= 0.6 is 11.3 Å². The maximum Gasteiger partial charge on any atom is 0.245 e. The lowest BCUT2D eigenvalue weighted by atomic mass is 10.1. The Bertz CT molecular complexity index is 791. The summed E-state index contributed by atoms with van der Waals surface area (Å²) in [5, 5.41) is 6.62. The normalized spacial score (nSPS) is 12.9. The summed E-state index contributed by atoms with van der Waals surface area (Å²) in [4.78, 5) is 36.3. The fraction of sp³-hybridized carbons (Fsp3) is 0.235. The second kappa shape index (κ2) is 8.52. The number of primary amides is 1. The molecule has 2 rings (SSSR count). The molecule has 0 unspecified atom stereocenters. The molecule has 1 heterocycles. The lowest BCUT2D eigenvalue weighted by molar-refractivity contribution is -0.130. The van der Waals surface area contributed by atoms with Crippen LogP contribution in [0.1, 0.15) is 23.4 Å². The zero-order chi connectivity index (χ0) is 19.3. The Morgan fingerprint density at radius 1 is 1.15 bits per heavy atom. The van der Waals surface area contributed by atoms with Crippen molar-refractivity contribution in [3.63, 3.8) is 0 Å². The number of hydrogen-bond donors (Lipinski definition) is 3. The number of hydrogen-bond acceptors (Lipinski definition) is 4. The first-order chi connectivity index (χ1) is 12.3. The van der Waals surface area contributed by atoms with Crippen LogP contribution in [0, 0.1) is 11.6 Å². The van der Waals surface area contributed by atoms with Crippen LogP contribution in [-0.2, 0) is 20.8 Å². The number of carbonyl (C=O) groups excluding carboxylic acids is 3. The van der Waals surface area contributed by atoms with Gasteiger partial charge in [0, 0.05) is 10.9 Å². The van der Waals surface area contributed by atoms with E-state index in [2.05, 4.69) is 10.6 Å². The van der Waals surface area contributed by atoms with Gasteiger partial charge in [-0.3, -0.25) is 14.4 Å². The molecule has 0 aliphatic heterocycles. The van der Waals surface area contributed by atoms with Gasteiger partial charge in [0.2, 0.25) is 17.7 Å². The largest absolute Gasteiger partial charge is 0.368 e. The van der Waals surface area contributed by atoms with Crippen LogP contribution in [0.4, 0.5) is 8.78 Å². The smallest absolute Gasteiger partial charge is 0.245 e. The first-order valence-electron chi connectivity index (χ1n) is 7.63. The molecule has 2 atom stereocenters. The molecule has 3 amide bonds. The summed E-state index contributed by atoms with van der Waals surface area (Å²) in [6.45, 7) is 1.42. The van der Waals surface area contributed by atoms with E-state index in [0.29, 0.717) is 10.9 Å². The number of nitrogens with two attached hydrogens (primary N) is 1. The first kappa shape index (κ1) is 19.5. The number of benzene rings is 1. The number of nitrogens with one attached hydrogen (secondary N) is 2. The molecule has 138 valence electrons. The average molecular weight is 381 g/mol. The second-order valence-corrected chi connectivity index (χ2v) is 6.58. The molecular weight excluding hydrogens is 364 g/mol. The Morgan fingerprint density at radius 3 is 2.35 bits per heavy atom. The maximum atomic E-state index is 13.1. The molecule has 26 heavy (non-hydrogen) atoms. The summed E-state index contributed by atoms with van der Waals surface area (Å²) < 4.78 is 26.3. The average Bonchev–Trinajstić information content (AvgIpc) is 3.04. The Kier molecular flexibility index (Phi) is 6.40. The molecule has 1 aromatic carbocycles. The molecular formula is C17H17F2N3O3S. The van der Waals surface area contributed by atoms with Gasteiger partial charge in [-0.05, 0) is 36.1 Å². The third kappa shape index (κ3) is 5.35. The Hall–Kier alpha value is -2.81. The van der Waals surface area contributed by atoms with E-state index in [0.717, 1.165) is 12.1 Å². The highest BCUT2D eigenvalue weighted by atomic mass is 32.1. The number of rotatable bonds is 7. The van der Waals surface area contributed by atoms with E-state index in [9.17, 15) is 23.2 Å². The molecule has 0 radical (unpaired) electrons. The van der Waals surface area contributed by atoms with Gasteiger partial charge in [-0.25, -0.2) is 8.78 Å².